The zero-order valence-electron chi connectivity index (χ0n) is 14.4. The molecule has 0 atom stereocenters. The first-order valence-corrected chi connectivity index (χ1v) is 9.12. The van der Waals surface area contributed by atoms with E-state index in [0.29, 0.717) is 16.9 Å². The number of carbonyl (C=O) groups is 1. The lowest BCUT2D eigenvalue weighted by molar-refractivity contribution is 0.0998. The summed E-state index contributed by atoms with van der Waals surface area (Å²) >= 11 is 1.31. The van der Waals surface area contributed by atoms with Crippen LogP contribution in [0.1, 0.15) is 23.0 Å². The quantitative estimate of drug-likeness (QED) is 0.526. The van der Waals surface area contributed by atoms with Crippen LogP contribution in [0.25, 0.3) is 21.1 Å². The Hall–Kier alpha value is -2.86. The van der Waals surface area contributed by atoms with Crippen LogP contribution >= 0.6 is 11.3 Å². The number of halogens is 1. The molecular weight excluding hydrogens is 349 g/mol. The Balaban J connectivity index is 1.82. The van der Waals surface area contributed by atoms with Crippen molar-refractivity contribution < 1.29 is 9.18 Å². The normalized spacial score (nSPS) is 12.2. The predicted octanol–water partition coefficient (Wildman–Crippen LogP) is 4.46. The fourth-order valence-electron chi connectivity index (χ4n) is 2.95. The van der Waals surface area contributed by atoms with Gasteiger partial charge in [0.25, 0.3) is 5.91 Å². The lowest BCUT2D eigenvalue weighted by atomic mass is 10.1. The molecule has 2 aromatic carbocycles. The van der Waals surface area contributed by atoms with Crippen LogP contribution in [0.4, 0.5) is 4.39 Å². The van der Waals surface area contributed by atoms with Crippen LogP contribution in [-0.4, -0.2) is 15.5 Å². The second kappa shape index (κ2) is 6.46. The van der Waals surface area contributed by atoms with Crippen molar-refractivity contribution in [3.05, 3.63) is 70.4 Å². The van der Waals surface area contributed by atoms with Crippen molar-refractivity contribution in [3.8, 4) is 0 Å². The van der Waals surface area contributed by atoms with Gasteiger partial charge in [0.05, 0.1) is 15.7 Å². The number of nitrogens with zero attached hydrogens (tertiary/aromatic N) is 3. The highest BCUT2D eigenvalue weighted by Crippen LogP contribution is 2.19. The Morgan fingerprint density at radius 3 is 2.85 bits per heavy atom. The molecule has 0 unspecified atom stereocenters. The molecule has 1 amide bonds. The molecule has 130 valence electrons. The molecule has 2 aromatic heterocycles. The van der Waals surface area contributed by atoms with Gasteiger partial charge in [-0.05, 0) is 56.3 Å². The van der Waals surface area contributed by atoms with Crippen LogP contribution in [0.15, 0.2) is 53.5 Å². The van der Waals surface area contributed by atoms with Crippen molar-refractivity contribution in [1.82, 2.24) is 9.55 Å². The van der Waals surface area contributed by atoms with Crippen LogP contribution in [0.2, 0.25) is 0 Å². The van der Waals surface area contributed by atoms with Crippen LogP contribution in [0.3, 0.4) is 0 Å². The average Bonchev–Trinajstić information content (AvgIpc) is 2.97. The van der Waals surface area contributed by atoms with Gasteiger partial charge in [-0.2, -0.15) is 4.99 Å². The highest BCUT2D eigenvalue weighted by molar-refractivity contribution is 7.16. The first-order chi connectivity index (χ1) is 12.5. The van der Waals surface area contributed by atoms with Gasteiger partial charge in [0.2, 0.25) is 0 Å². The summed E-state index contributed by atoms with van der Waals surface area (Å²) in [5, 5.41) is 0.901. The molecule has 26 heavy (non-hydrogen) atoms. The number of carbonyl (C=O) groups excluding carboxylic acids is 1. The molecule has 0 aliphatic rings. The third-order valence-electron chi connectivity index (χ3n) is 4.23. The molecule has 0 saturated carbocycles. The third-order valence-corrected chi connectivity index (χ3v) is 5.27. The summed E-state index contributed by atoms with van der Waals surface area (Å²) in [7, 11) is 0. The molecule has 0 fully saturated rings. The zero-order valence-corrected chi connectivity index (χ0v) is 15.2. The van der Waals surface area contributed by atoms with Gasteiger partial charge in [-0.3, -0.25) is 9.78 Å². The van der Waals surface area contributed by atoms with E-state index in [-0.39, 0.29) is 11.7 Å². The van der Waals surface area contributed by atoms with E-state index in [1.54, 1.807) is 18.2 Å². The summed E-state index contributed by atoms with van der Waals surface area (Å²) in [6, 6.07) is 13.9. The highest BCUT2D eigenvalue weighted by atomic mass is 32.1. The van der Waals surface area contributed by atoms with Crippen molar-refractivity contribution in [2.45, 2.75) is 20.4 Å². The Labute approximate surface area is 153 Å². The molecule has 4 aromatic rings. The van der Waals surface area contributed by atoms with Gasteiger partial charge in [0.15, 0.2) is 4.80 Å². The van der Waals surface area contributed by atoms with Crippen molar-refractivity contribution >= 4 is 38.4 Å². The Morgan fingerprint density at radius 2 is 2.04 bits per heavy atom. The van der Waals surface area contributed by atoms with E-state index in [9.17, 15) is 9.18 Å². The Morgan fingerprint density at radius 1 is 1.19 bits per heavy atom. The molecule has 0 saturated heterocycles. The summed E-state index contributed by atoms with van der Waals surface area (Å²) in [5.41, 5.74) is 3.17. The number of aryl methyl sites for hydroxylation is 2. The van der Waals surface area contributed by atoms with E-state index in [1.165, 1.54) is 23.5 Å². The number of hydrogen-bond donors (Lipinski definition) is 0. The van der Waals surface area contributed by atoms with Crippen molar-refractivity contribution in [3.63, 3.8) is 0 Å². The summed E-state index contributed by atoms with van der Waals surface area (Å²) in [4.78, 5) is 22.0. The monoisotopic (exact) mass is 365 g/mol. The lowest BCUT2D eigenvalue weighted by Gasteiger charge is -2.02. The molecule has 4 nitrogen and oxygen atoms in total. The smallest absolute Gasteiger partial charge is 0.279 e. The third kappa shape index (κ3) is 2.93. The number of rotatable bonds is 2. The Kier molecular flexibility index (Phi) is 4.12. The van der Waals surface area contributed by atoms with Gasteiger partial charge in [0, 0.05) is 23.2 Å². The molecule has 0 aliphatic heterocycles. The minimum absolute atomic E-state index is 0.294. The number of pyridine rings is 1. The molecule has 0 N–H and O–H groups in total. The molecule has 0 spiro atoms. The fraction of sp³-hybridized carbons (Fsp3) is 0.150. The topological polar surface area (TPSA) is 47.2 Å². The van der Waals surface area contributed by atoms with E-state index in [0.717, 1.165) is 26.8 Å². The van der Waals surface area contributed by atoms with Gasteiger partial charge in [-0.1, -0.05) is 17.4 Å². The van der Waals surface area contributed by atoms with Crippen molar-refractivity contribution in [2.24, 2.45) is 4.99 Å². The molecule has 0 aliphatic carbocycles. The van der Waals surface area contributed by atoms with Crippen LogP contribution < -0.4 is 4.80 Å². The van der Waals surface area contributed by atoms with Crippen LogP contribution in [-0.2, 0) is 6.54 Å². The number of amides is 1. The molecular formula is C20H16FN3OS. The molecule has 0 radical (unpaired) electrons. The van der Waals surface area contributed by atoms with E-state index in [2.05, 4.69) is 9.98 Å². The van der Waals surface area contributed by atoms with Gasteiger partial charge in [-0.15, -0.1) is 0 Å². The summed E-state index contributed by atoms with van der Waals surface area (Å²) in [6.07, 6.45) is 0. The van der Waals surface area contributed by atoms with Gasteiger partial charge >= 0.3 is 0 Å². The molecule has 2 heterocycles. The number of hydrogen-bond acceptors (Lipinski definition) is 3. The average molecular weight is 365 g/mol. The fourth-order valence-corrected chi connectivity index (χ4v) is 4.07. The van der Waals surface area contributed by atoms with E-state index < -0.39 is 0 Å². The maximum absolute atomic E-state index is 13.5. The van der Waals surface area contributed by atoms with Crippen LogP contribution in [0.5, 0.6) is 0 Å². The first kappa shape index (κ1) is 16.6. The SMILES string of the molecule is CCn1c(=NC(=O)c2ccc3nc(C)ccc3c2)sc2cc(F)ccc21. The van der Waals surface area contributed by atoms with E-state index in [1.807, 2.05) is 36.6 Å². The summed E-state index contributed by atoms with van der Waals surface area (Å²) < 4.78 is 16.2. The number of aromatic nitrogens is 2. The zero-order chi connectivity index (χ0) is 18.3. The highest BCUT2D eigenvalue weighted by Gasteiger charge is 2.10. The largest absolute Gasteiger partial charge is 0.317 e. The van der Waals surface area contributed by atoms with Gasteiger partial charge in [0.1, 0.15) is 5.82 Å². The molecule has 4 rings (SSSR count). The lowest BCUT2D eigenvalue weighted by Crippen LogP contribution is -2.15. The second-order valence-electron chi connectivity index (χ2n) is 6.02. The van der Waals surface area contributed by atoms with E-state index >= 15 is 0 Å². The maximum Gasteiger partial charge on any atom is 0.279 e. The molecule has 6 heteroatoms. The van der Waals surface area contributed by atoms with E-state index in [4.69, 9.17) is 0 Å². The van der Waals surface area contributed by atoms with Gasteiger partial charge < -0.3 is 4.57 Å². The Bertz CT molecular complexity index is 1220. The maximum atomic E-state index is 13.5. The van der Waals surface area contributed by atoms with Crippen molar-refractivity contribution in [1.29, 1.82) is 0 Å². The minimum atomic E-state index is -0.318. The summed E-state index contributed by atoms with van der Waals surface area (Å²) in [5.74, 6) is -0.612. The van der Waals surface area contributed by atoms with Gasteiger partial charge in [-0.25, -0.2) is 4.39 Å². The molecule has 0 bridgehead atoms. The predicted molar refractivity (Wildman–Crippen MR) is 102 cm³/mol. The standard InChI is InChI=1S/C20H16FN3OS/c1-3-24-17-9-7-15(21)11-18(17)26-20(24)23-19(25)14-6-8-16-13(10-14)5-4-12(2)22-16/h4-11H,3H2,1-2H3. The minimum Gasteiger partial charge on any atom is -0.317 e. The first-order valence-electron chi connectivity index (χ1n) is 8.30. The second-order valence-corrected chi connectivity index (χ2v) is 7.03. The number of benzene rings is 2. The summed E-state index contributed by atoms with van der Waals surface area (Å²) in [6.45, 7) is 4.56. The number of fused-ring (bicyclic) bond motifs is 2. The van der Waals surface area contributed by atoms with Crippen LogP contribution in [0, 0.1) is 12.7 Å². The number of thiazole rings is 1. The van der Waals surface area contributed by atoms with Crippen molar-refractivity contribution in [2.75, 3.05) is 0 Å².